The molecule has 1 aliphatic heterocycles. The zero-order chi connectivity index (χ0) is 11.7. The highest BCUT2D eigenvalue weighted by molar-refractivity contribution is 5.76. The molecule has 82 valence electrons. The van der Waals surface area contributed by atoms with Crippen molar-refractivity contribution in [2.24, 2.45) is 0 Å². The fourth-order valence-electron chi connectivity index (χ4n) is 1.65. The number of benzene rings is 1. The minimum atomic E-state index is -0.984. The van der Waals surface area contributed by atoms with Crippen LogP contribution in [0.3, 0.4) is 0 Å². The van der Waals surface area contributed by atoms with Gasteiger partial charge in [-0.3, -0.25) is 0 Å². The zero-order valence-electron chi connectivity index (χ0n) is 8.67. The number of hydrogen-bond donors (Lipinski definition) is 1. The summed E-state index contributed by atoms with van der Waals surface area (Å²) in [6, 6.07) is 6.95. The minimum Gasteiger partial charge on any atom is -0.478 e. The molecule has 1 atom stereocenters. The normalized spacial score (nSPS) is 18.2. The Labute approximate surface area is 92.5 Å². The molecule has 5 nitrogen and oxygen atoms in total. The Balaban J connectivity index is 2.38. The lowest BCUT2D eigenvalue weighted by Crippen LogP contribution is -2.42. The molecule has 0 aromatic heterocycles. The van der Waals surface area contributed by atoms with Crippen molar-refractivity contribution in [2.75, 3.05) is 18.5 Å². The summed E-state index contributed by atoms with van der Waals surface area (Å²) >= 11 is 0. The van der Waals surface area contributed by atoms with Gasteiger partial charge in [0.25, 0.3) is 0 Å². The predicted octanol–water partition coefficient (Wildman–Crippen LogP) is 0.840. The van der Waals surface area contributed by atoms with Crippen LogP contribution < -0.4 is 9.64 Å². The number of hydrogen-bond acceptors (Lipinski definition) is 4. The van der Waals surface area contributed by atoms with E-state index < -0.39 is 12.1 Å². The van der Waals surface area contributed by atoms with Crippen LogP contribution in [0.2, 0.25) is 0 Å². The summed E-state index contributed by atoms with van der Waals surface area (Å²) in [5.41, 5.74) is 1.28. The quantitative estimate of drug-likeness (QED) is 0.756. The maximum atomic E-state index is 10.8. The number of carbonyl (C=O) groups is 1. The number of carboxylic acid groups (broad SMARTS) is 1. The second-order valence-corrected chi connectivity index (χ2v) is 3.62. The van der Waals surface area contributed by atoms with E-state index in [-0.39, 0.29) is 6.54 Å². The molecule has 1 N–H and O–H groups in total. The van der Waals surface area contributed by atoms with Gasteiger partial charge in [0.1, 0.15) is 5.75 Å². The average molecular weight is 218 g/mol. The molecule has 0 saturated heterocycles. The second-order valence-electron chi connectivity index (χ2n) is 3.62. The van der Waals surface area contributed by atoms with Crippen molar-refractivity contribution < 1.29 is 14.6 Å². The predicted molar refractivity (Wildman–Crippen MR) is 56.5 cm³/mol. The Hall–Kier alpha value is -2.22. The van der Waals surface area contributed by atoms with Crippen molar-refractivity contribution in [2.45, 2.75) is 6.10 Å². The summed E-state index contributed by atoms with van der Waals surface area (Å²) in [5.74, 6) is -0.484. The summed E-state index contributed by atoms with van der Waals surface area (Å²) < 4.78 is 5.31. The molecule has 2 rings (SSSR count). The van der Waals surface area contributed by atoms with Crippen LogP contribution in [0.15, 0.2) is 18.2 Å². The van der Waals surface area contributed by atoms with Gasteiger partial charge in [0.05, 0.1) is 23.9 Å². The summed E-state index contributed by atoms with van der Waals surface area (Å²) in [4.78, 5) is 12.6. The Morgan fingerprint density at radius 1 is 1.69 bits per heavy atom. The van der Waals surface area contributed by atoms with Crippen LogP contribution >= 0.6 is 0 Å². The average Bonchev–Trinajstić information content (AvgIpc) is 2.28. The number of likely N-dealkylation sites (N-methyl/N-ethyl adjacent to an activating group) is 1. The van der Waals surface area contributed by atoms with Crippen LogP contribution in [0.1, 0.15) is 5.56 Å². The van der Waals surface area contributed by atoms with Gasteiger partial charge in [-0.25, -0.2) is 4.79 Å². The highest BCUT2D eigenvalue weighted by Crippen LogP contribution is 2.33. The van der Waals surface area contributed by atoms with Gasteiger partial charge in [0, 0.05) is 7.05 Å². The van der Waals surface area contributed by atoms with Crippen LogP contribution in [0.5, 0.6) is 5.75 Å². The van der Waals surface area contributed by atoms with Crippen molar-refractivity contribution in [3.8, 4) is 11.8 Å². The van der Waals surface area contributed by atoms with E-state index in [1.54, 1.807) is 30.1 Å². The third kappa shape index (κ3) is 1.65. The van der Waals surface area contributed by atoms with Crippen molar-refractivity contribution in [3.05, 3.63) is 23.8 Å². The van der Waals surface area contributed by atoms with E-state index in [1.807, 2.05) is 6.07 Å². The lowest BCUT2D eigenvalue weighted by atomic mass is 10.1. The van der Waals surface area contributed by atoms with Gasteiger partial charge in [-0.15, -0.1) is 0 Å². The summed E-state index contributed by atoms with van der Waals surface area (Å²) in [6.45, 7) is 0.275. The van der Waals surface area contributed by atoms with Gasteiger partial charge >= 0.3 is 5.97 Å². The molecule has 0 spiro atoms. The molecule has 0 fully saturated rings. The van der Waals surface area contributed by atoms with Crippen molar-refractivity contribution in [1.82, 2.24) is 0 Å². The van der Waals surface area contributed by atoms with Crippen LogP contribution in [0.25, 0.3) is 0 Å². The third-order valence-corrected chi connectivity index (χ3v) is 2.48. The number of rotatable bonds is 1. The lowest BCUT2D eigenvalue weighted by Gasteiger charge is -2.31. The Bertz CT molecular complexity index is 479. The maximum absolute atomic E-state index is 10.8. The Morgan fingerprint density at radius 3 is 3.06 bits per heavy atom. The molecule has 1 heterocycles. The molecule has 0 radical (unpaired) electrons. The van der Waals surface area contributed by atoms with E-state index in [1.165, 1.54) is 0 Å². The molecule has 5 heteroatoms. The van der Waals surface area contributed by atoms with E-state index in [4.69, 9.17) is 15.1 Å². The highest BCUT2D eigenvalue weighted by atomic mass is 16.5. The lowest BCUT2D eigenvalue weighted by molar-refractivity contribution is -0.144. The maximum Gasteiger partial charge on any atom is 0.346 e. The van der Waals surface area contributed by atoms with Crippen LogP contribution in [0, 0.1) is 11.3 Å². The number of carboxylic acids is 1. The van der Waals surface area contributed by atoms with Crippen molar-refractivity contribution in [1.29, 1.82) is 5.26 Å². The van der Waals surface area contributed by atoms with Gasteiger partial charge < -0.3 is 14.7 Å². The summed E-state index contributed by atoms with van der Waals surface area (Å²) in [5, 5.41) is 17.6. The van der Waals surface area contributed by atoms with Gasteiger partial charge in [-0.05, 0) is 18.2 Å². The van der Waals surface area contributed by atoms with E-state index in [0.717, 1.165) is 5.69 Å². The topological polar surface area (TPSA) is 73.6 Å². The van der Waals surface area contributed by atoms with E-state index >= 15 is 0 Å². The van der Waals surface area contributed by atoms with Crippen molar-refractivity contribution >= 4 is 11.7 Å². The first-order valence-electron chi connectivity index (χ1n) is 4.76. The first kappa shape index (κ1) is 10.3. The van der Waals surface area contributed by atoms with Crippen LogP contribution in [0.4, 0.5) is 5.69 Å². The largest absolute Gasteiger partial charge is 0.478 e. The van der Waals surface area contributed by atoms with Crippen molar-refractivity contribution in [3.63, 3.8) is 0 Å². The fourth-order valence-corrected chi connectivity index (χ4v) is 1.65. The Morgan fingerprint density at radius 2 is 2.44 bits per heavy atom. The van der Waals surface area contributed by atoms with E-state index in [9.17, 15) is 4.79 Å². The Kier molecular flexibility index (Phi) is 2.41. The molecule has 0 amide bonds. The molecule has 0 saturated carbocycles. The number of nitrogens with zero attached hydrogens (tertiary/aromatic N) is 2. The standard InChI is InChI=1S/C11H10N2O3/c1-13-6-10(11(14)15)16-9-3-2-7(5-12)4-8(9)13/h2-4,10H,6H2,1H3,(H,14,15). The van der Waals surface area contributed by atoms with Gasteiger partial charge in [0.2, 0.25) is 6.10 Å². The molecular weight excluding hydrogens is 208 g/mol. The number of ether oxygens (including phenoxy) is 1. The summed E-state index contributed by atoms with van der Waals surface area (Å²) in [6.07, 6.45) is -0.856. The molecule has 1 unspecified atom stereocenters. The SMILES string of the molecule is CN1CC(C(=O)O)Oc2ccc(C#N)cc21. The number of aliphatic carboxylic acids is 1. The van der Waals surface area contributed by atoms with Gasteiger partial charge in [0.15, 0.2) is 0 Å². The smallest absolute Gasteiger partial charge is 0.346 e. The molecular formula is C11H10N2O3. The first-order valence-corrected chi connectivity index (χ1v) is 4.76. The summed E-state index contributed by atoms with van der Waals surface area (Å²) in [7, 11) is 1.78. The van der Waals surface area contributed by atoms with Gasteiger partial charge in [-0.2, -0.15) is 5.26 Å². The van der Waals surface area contributed by atoms with Crippen LogP contribution in [-0.2, 0) is 4.79 Å². The zero-order valence-corrected chi connectivity index (χ0v) is 8.67. The molecule has 1 aromatic carbocycles. The molecule has 1 aromatic rings. The monoisotopic (exact) mass is 218 g/mol. The highest BCUT2D eigenvalue weighted by Gasteiger charge is 2.28. The molecule has 0 bridgehead atoms. The number of anilines is 1. The second kappa shape index (κ2) is 3.74. The number of fused-ring (bicyclic) bond motifs is 1. The minimum absolute atomic E-state index is 0.275. The van der Waals surface area contributed by atoms with E-state index in [0.29, 0.717) is 11.3 Å². The molecule has 1 aliphatic rings. The third-order valence-electron chi connectivity index (χ3n) is 2.48. The number of nitriles is 1. The molecule has 16 heavy (non-hydrogen) atoms. The first-order chi connectivity index (χ1) is 7.61. The fraction of sp³-hybridized carbons (Fsp3) is 0.273. The van der Waals surface area contributed by atoms with Crippen LogP contribution in [-0.4, -0.2) is 30.8 Å². The van der Waals surface area contributed by atoms with Gasteiger partial charge in [-0.1, -0.05) is 0 Å². The molecule has 0 aliphatic carbocycles. The van der Waals surface area contributed by atoms with E-state index in [2.05, 4.69) is 0 Å².